The summed E-state index contributed by atoms with van der Waals surface area (Å²) in [5.41, 5.74) is 1.22. The molecule has 1 saturated carbocycles. The highest BCUT2D eigenvalue weighted by Crippen LogP contribution is 2.39. The van der Waals surface area contributed by atoms with Crippen molar-refractivity contribution in [2.45, 2.75) is 38.2 Å². The van der Waals surface area contributed by atoms with Gasteiger partial charge in [-0.05, 0) is 31.2 Å². The van der Waals surface area contributed by atoms with Crippen LogP contribution in [0.15, 0.2) is 6.07 Å². The second-order valence-electron chi connectivity index (χ2n) is 3.97. The largest absolute Gasteiger partial charge is 0.374 e. The summed E-state index contributed by atoms with van der Waals surface area (Å²) in [5, 5.41) is 0. The van der Waals surface area contributed by atoms with Gasteiger partial charge in [0.1, 0.15) is 16.6 Å². The maximum Gasteiger partial charge on any atom is 0.137 e. The Bertz CT molecular complexity index is 394. The molecule has 1 atom stereocenters. The van der Waals surface area contributed by atoms with E-state index in [1.165, 1.54) is 18.5 Å². The predicted octanol–water partition coefficient (Wildman–Crippen LogP) is 3.11. The molecule has 1 fully saturated rings. The van der Waals surface area contributed by atoms with Crippen molar-refractivity contribution in [1.29, 1.82) is 0 Å². The summed E-state index contributed by atoms with van der Waals surface area (Å²) in [4.78, 5) is 7.67. The third-order valence-corrected chi connectivity index (χ3v) is 2.97. The Balaban J connectivity index is 2.33. The molecule has 1 unspecified atom stereocenters. The first kappa shape index (κ1) is 10.8. The number of nitrogens with zero attached hydrogens (tertiary/aromatic N) is 1. The van der Waals surface area contributed by atoms with Crippen molar-refractivity contribution in [2.75, 3.05) is 7.11 Å². The summed E-state index contributed by atoms with van der Waals surface area (Å²) >= 11 is 5.16. The van der Waals surface area contributed by atoms with Gasteiger partial charge in [-0.25, -0.2) is 4.98 Å². The number of hydrogen-bond donors (Lipinski definition) is 1. The average molecular weight is 224 g/mol. The Hall–Kier alpha value is -0.740. The maximum atomic E-state index is 5.36. The van der Waals surface area contributed by atoms with E-state index in [0.717, 1.165) is 12.2 Å². The highest BCUT2D eigenvalue weighted by Gasteiger charge is 2.25. The SMILES string of the molecule is CCC(OC)c1nc(=S)cc(C2CC2)[nH]1. The van der Waals surface area contributed by atoms with Crippen molar-refractivity contribution in [2.24, 2.45) is 0 Å². The Labute approximate surface area is 94.9 Å². The molecule has 1 aromatic rings. The highest BCUT2D eigenvalue weighted by molar-refractivity contribution is 7.71. The lowest BCUT2D eigenvalue weighted by molar-refractivity contribution is 0.0923. The van der Waals surface area contributed by atoms with Crippen LogP contribution in [0.25, 0.3) is 0 Å². The smallest absolute Gasteiger partial charge is 0.137 e. The van der Waals surface area contributed by atoms with Gasteiger partial charge in [0.05, 0.1) is 0 Å². The van der Waals surface area contributed by atoms with E-state index in [-0.39, 0.29) is 6.10 Å². The minimum absolute atomic E-state index is 0.0328. The van der Waals surface area contributed by atoms with Gasteiger partial charge in [0.25, 0.3) is 0 Å². The Morgan fingerprint density at radius 2 is 2.40 bits per heavy atom. The van der Waals surface area contributed by atoms with Crippen LogP contribution in [-0.2, 0) is 4.74 Å². The summed E-state index contributed by atoms with van der Waals surface area (Å²) in [5.74, 6) is 1.54. The Morgan fingerprint density at radius 3 is 2.93 bits per heavy atom. The Kier molecular flexibility index (Phi) is 3.17. The third kappa shape index (κ3) is 2.44. The second-order valence-corrected chi connectivity index (χ2v) is 4.39. The van der Waals surface area contributed by atoms with Gasteiger partial charge >= 0.3 is 0 Å². The zero-order chi connectivity index (χ0) is 10.8. The summed E-state index contributed by atoms with van der Waals surface area (Å²) in [6, 6.07) is 1.97. The molecule has 3 nitrogen and oxygen atoms in total. The van der Waals surface area contributed by atoms with Gasteiger partial charge in [-0.1, -0.05) is 19.1 Å². The molecular formula is C11H16N2OS. The molecular weight excluding hydrogens is 208 g/mol. The molecule has 2 rings (SSSR count). The molecule has 0 radical (unpaired) electrons. The van der Waals surface area contributed by atoms with E-state index in [1.807, 2.05) is 6.07 Å². The van der Waals surface area contributed by atoms with Gasteiger partial charge in [-0.15, -0.1) is 0 Å². The molecule has 1 aliphatic carbocycles. The standard InChI is InChI=1S/C11H16N2OS/c1-3-9(14-2)11-12-8(7-4-5-7)6-10(15)13-11/h6-7,9H,3-5H2,1-2H3,(H,12,13,15). The van der Waals surface area contributed by atoms with Gasteiger partial charge in [-0.3, -0.25) is 0 Å². The van der Waals surface area contributed by atoms with Crippen LogP contribution in [0, 0.1) is 4.64 Å². The summed E-state index contributed by atoms with van der Waals surface area (Å²) in [6.07, 6.45) is 3.46. The average Bonchev–Trinajstić information content (AvgIpc) is 3.02. The van der Waals surface area contributed by atoms with E-state index in [2.05, 4.69) is 16.9 Å². The van der Waals surface area contributed by atoms with Crippen molar-refractivity contribution >= 4 is 12.2 Å². The molecule has 0 aromatic carbocycles. The van der Waals surface area contributed by atoms with Gasteiger partial charge in [0.15, 0.2) is 0 Å². The zero-order valence-electron chi connectivity index (χ0n) is 9.12. The van der Waals surface area contributed by atoms with Crippen LogP contribution in [0.3, 0.4) is 0 Å². The van der Waals surface area contributed by atoms with Crippen LogP contribution in [0.5, 0.6) is 0 Å². The summed E-state index contributed by atoms with van der Waals surface area (Å²) < 4.78 is 6.02. The molecule has 1 aromatic heterocycles. The third-order valence-electron chi connectivity index (χ3n) is 2.76. The molecule has 0 bridgehead atoms. The maximum absolute atomic E-state index is 5.36. The number of aromatic nitrogens is 2. The summed E-state index contributed by atoms with van der Waals surface area (Å²) in [7, 11) is 1.70. The predicted molar refractivity (Wildman–Crippen MR) is 61.4 cm³/mol. The first-order chi connectivity index (χ1) is 7.24. The van der Waals surface area contributed by atoms with Crippen molar-refractivity contribution in [3.05, 3.63) is 22.2 Å². The lowest BCUT2D eigenvalue weighted by Gasteiger charge is -2.13. The molecule has 1 N–H and O–H groups in total. The number of ether oxygens (including phenoxy) is 1. The Morgan fingerprint density at radius 1 is 1.67 bits per heavy atom. The molecule has 0 spiro atoms. The van der Waals surface area contributed by atoms with Crippen LogP contribution >= 0.6 is 12.2 Å². The molecule has 1 heterocycles. The topological polar surface area (TPSA) is 37.9 Å². The van der Waals surface area contributed by atoms with Crippen LogP contribution < -0.4 is 0 Å². The molecule has 4 heteroatoms. The first-order valence-electron chi connectivity index (χ1n) is 5.38. The molecule has 0 saturated heterocycles. The van der Waals surface area contributed by atoms with Crippen molar-refractivity contribution in [1.82, 2.24) is 9.97 Å². The number of hydrogen-bond acceptors (Lipinski definition) is 3. The molecule has 82 valence electrons. The van der Waals surface area contributed by atoms with Crippen molar-refractivity contribution in [3.63, 3.8) is 0 Å². The summed E-state index contributed by atoms with van der Waals surface area (Å²) in [6.45, 7) is 2.08. The van der Waals surface area contributed by atoms with Gasteiger partial charge in [0.2, 0.25) is 0 Å². The fourth-order valence-corrected chi connectivity index (χ4v) is 1.96. The van der Waals surface area contributed by atoms with Gasteiger partial charge in [0, 0.05) is 12.8 Å². The second kappa shape index (κ2) is 4.41. The van der Waals surface area contributed by atoms with E-state index < -0.39 is 0 Å². The van der Waals surface area contributed by atoms with E-state index >= 15 is 0 Å². The lowest BCUT2D eigenvalue weighted by Crippen LogP contribution is -2.07. The minimum Gasteiger partial charge on any atom is -0.374 e. The number of aromatic amines is 1. The number of methoxy groups -OCH3 is 1. The van der Waals surface area contributed by atoms with Gasteiger partial charge < -0.3 is 9.72 Å². The van der Waals surface area contributed by atoms with Crippen LogP contribution in [0.1, 0.15) is 49.7 Å². The number of nitrogens with one attached hydrogen (secondary N) is 1. The van der Waals surface area contributed by atoms with E-state index in [1.54, 1.807) is 7.11 Å². The fraction of sp³-hybridized carbons (Fsp3) is 0.636. The normalized spacial score (nSPS) is 17.7. The van der Waals surface area contributed by atoms with Crippen LogP contribution in [0.4, 0.5) is 0 Å². The quantitative estimate of drug-likeness (QED) is 0.798. The monoisotopic (exact) mass is 224 g/mol. The zero-order valence-corrected chi connectivity index (χ0v) is 9.93. The van der Waals surface area contributed by atoms with Crippen molar-refractivity contribution in [3.8, 4) is 0 Å². The molecule has 0 amide bonds. The first-order valence-corrected chi connectivity index (χ1v) is 5.79. The fourth-order valence-electron chi connectivity index (χ4n) is 1.73. The highest BCUT2D eigenvalue weighted by atomic mass is 32.1. The molecule has 15 heavy (non-hydrogen) atoms. The minimum atomic E-state index is 0.0328. The van der Waals surface area contributed by atoms with Gasteiger partial charge in [-0.2, -0.15) is 0 Å². The van der Waals surface area contributed by atoms with Crippen molar-refractivity contribution < 1.29 is 4.74 Å². The van der Waals surface area contributed by atoms with E-state index in [0.29, 0.717) is 10.6 Å². The van der Waals surface area contributed by atoms with E-state index in [9.17, 15) is 0 Å². The number of rotatable bonds is 4. The lowest BCUT2D eigenvalue weighted by atomic mass is 10.2. The molecule has 1 aliphatic rings. The molecule has 0 aliphatic heterocycles. The van der Waals surface area contributed by atoms with Crippen LogP contribution in [-0.4, -0.2) is 17.1 Å². The van der Waals surface area contributed by atoms with E-state index in [4.69, 9.17) is 17.0 Å². The number of H-pyrrole nitrogens is 1. The van der Waals surface area contributed by atoms with Crippen LogP contribution in [0.2, 0.25) is 0 Å².